The second-order valence-electron chi connectivity index (χ2n) is 5.61. The quantitative estimate of drug-likeness (QED) is 0.670. The first kappa shape index (κ1) is 17.0. The first-order valence-corrected chi connectivity index (χ1v) is 7.40. The van der Waals surface area contributed by atoms with Gasteiger partial charge in [-0.15, -0.1) is 0 Å². The molecule has 7 nitrogen and oxygen atoms in total. The van der Waals surface area contributed by atoms with Crippen LogP contribution >= 0.6 is 0 Å². The molecule has 0 radical (unpaired) electrons. The van der Waals surface area contributed by atoms with E-state index in [2.05, 4.69) is 10.6 Å². The van der Waals surface area contributed by atoms with Crippen LogP contribution in [-0.4, -0.2) is 42.6 Å². The highest BCUT2D eigenvalue weighted by molar-refractivity contribution is 5.91. The molecule has 1 heterocycles. The number of hydrogen-bond acceptors (Lipinski definition) is 4. The van der Waals surface area contributed by atoms with Crippen LogP contribution in [0.4, 0.5) is 0 Å². The van der Waals surface area contributed by atoms with Crippen molar-refractivity contribution in [2.45, 2.75) is 19.4 Å². The molecule has 2 rings (SSSR count). The Morgan fingerprint density at radius 3 is 2.70 bits per heavy atom. The monoisotopic (exact) mass is 320 g/mol. The summed E-state index contributed by atoms with van der Waals surface area (Å²) in [6.07, 6.45) is 0.409. The van der Waals surface area contributed by atoms with Crippen LogP contribution in [0.5, 0.6) is 0 Å². The minimum Gasteiger partial charge on any atom is -0.480 e. The molecule has 0 aromatic heterocycles. The van der Waals surface area contributed by atoms with Crippen molar-refractivity contribution in [3.8, 4) is 0 Å². The fourth-order valence-corrected chi connectivity index (χ4v) is 2.56. The van der Waals surface area contributed by atoms with Gasteiger partial charge in [-0.3, -0.25) is 14.4 Å². The van der Waals surface area contributed by atoms with Crippen molar-refractivity contribution in [2.75, 3.05) is 19.7 Å². The van der Waals surface area contributed by atoms with Crippen molar-refractivity contribution < 1.29 is 24.2 Å². The molecule has 0 spiro atoms. The molecule has 1 aromatic rings. The lowest BCUT2D eigenvalue weighted by Crippen LogP contribution is -2.52. The minimum atomic E-state index is -1.13. The molecule has 1 atom stereocenters. The molecule has 0 aliphatic carbocycles. The van der Waals surface area contributed by atoms with Crippen LogP contribution in [0.15, 0.2) is 30.3 Å². The summed E-state index contributed by atoms with van der Waals surface area (Å²) in [6.45, 7) is 0.298. The Bertz CT molecular complexity index is 575. The van der Waals surface area contributed by atoms with E-state index in [0.717, 1.165) is 5.56 Å². The standard InChI is InChI=1S/C16H20N2O5/c19-13-8-16(6-7-17-13,15(22)18-9-14(20)21)11-23-10-12-4-2-1-3-5-12/h1-5H,6-11H2,(H,17,19)(H,18,22)(H,20,21). The summed E-state index contributed by atoms with van der Waals surface area (Å²) in [6, 6.07) is 9.50. The van der Waals surface area contributed by atoms with E-state index >= 15 is 0 Å². The van der Waals surface area contributed by atoms with E-state index in [1.54, 1.807) is 0 Å². The van der Waals surface area contributed by atoms with Crippen LogP contribution in [0.25, 0.3) is 0 Å². The maximum absolute atomic E-state index is 12.4. The number of aliphatic carboxylic acids is 1. The maximum Gasteiger partial charge on any atom is 0.322 e. The van der Waals surface area contributed by atoms with Gasteiger partial charge in [-0.05, 0) is 12.0 Å². The van der Waals surface area contributed by atoms with E-state index in [9.17, 15) is 14.4 Å². The van der Waals surface area contributed by atoms with Gasteiger partial charge < -0.3 is 20.5 Å². The van der Waals surface area contributed by atoms with Gasteiger partial charge in [0.1, 0.15) is 6.54 Å². The molecular weight excluding hydrogens is 300 g/mol. The minimum absolute atomic E-state index is 0.00670. The summed E-state index contributed by atoms with van der Waals surface area (Å²) in [7, 11) is 0. The predicted molar refractivity (Wildman–Crippen MR) is 81.4 cm³/mol. The summed E-state index contributed by atoms with van der Waals surface area (Å²) in [5, 5.41) is 13.7. The highest BCUT2D eigenvalue weighted by atomic mass is 16.5. The number of nitrogens with one attached hydrogen (secondary N) is 2. The van der Waals surface area contributed by atoms with E-state index in [1.807, 2.05) is 30.3 Å². The van der Waals surface area contributed by atoms with Crippen molar-refractivity contribution >= 4 is 17.8 Å². The fourth-order valence-electron chi connectivity index (χ4n) is 2.56. The first-order valence-electron chi connectivity index (χ1n) is 7.40. The van der Waals surface area contributed by atoms with Gasteiger partial charge in [-0.2, -0.15) is 0 Å². The Kier molecular flexibility index (Phi) is 5.70. The van der Waals surface area contributed by atoms with Gasteiger partial charge in [0, 0.05) is 13.0 Å². The highest BCUT2D eigenvalue weighted by Crippen LogP contribution is 2.30. The average Bonchev–Trinajstić information content (AvgIpc) is 2.53. The summed E-state index contributed by atoms with van der Waals surface area (Å²) in [4.78, 5) is 34.7. The molecule has 23 heavy (non-hydrogen) atoms. The van der Waals surface area contributed by atoms with Gasteiger partial charge in [-0.25, -0.2) is 0 Å². The van der Waals surface area contributed by atoms with Crippen LogP contribution in [-0.2, 0) is 25.7 Å². The van der Waals surface area contributed by atoms with Crippen LogP contribution in [0.1, 0.15) is 18.4 Å². The zero-order valence-electron chi connectivity index (χ0n) is 12.7. The van der Waals surface area contributed by atoms with Crippen LogP contribution in [0, 0.1) is 5.41 Å². The van der Waals surface area contributed by atoms with E-state index in [4.69, 9.17) is 9.84 Å². The number of ether oxygens (including phenoxy) is 1. The van der Waals surface area contributed by atoms with E-state index in [0.29, 0.717) is 19.6 Å². The maximum atomic E-state index is 12.4. The number of piperidine rings is 1. The van der Waals surface area contributed by atoms with Gasteiger partial charge in [-0.1, -0.05) is 30.3 Å². The average molecular weight is 320 g/mol. The molecule has 1 saturated heterocycles. The number of carboxylic acids is 1. The lowest BCUT2D eigenvalue weighted by molar-refractivity contribution is -0.146. The predicted octanol–water partition coefficient (Wildman–Crippen LogP) is 0.300. The zero-order chi connectivity index (χ0) is 16.7. The number of carboxylic acid groups (broad SMARTS) is 1. The number of amides is 2. The van der Waals surface area contributed by atoms with Gasteiger partial charge in [0.2, 0.25) is 11.8 Å². The molecule has 124 valence electrons. The third-order valence-corrected chi connectivity index (χ3v) is 3.80. The lowest BCUT2D eigenvalue weighted by atomic mass is 9.78. The Morgan fingerprint density at radius 2 is 2.04 bits per heavy atom. The smallest absolute Gasteiger partial charge is 0.322 e. The number of carbonyl (C=O) groups is 3. The van der Waals surface area contributed by atoms with E-state index < -0.39 is 23.8 Å². The molecule has 3 N–H and O–H groups in total. The molecule has 1 fully saturated rings. The number of benzene rings is 1. The van der Waals surface area contributed by atoms with Crippen LogP contribution < -0.4 is 10.6 Å². The normalized spacial score (nSPS) is 20.6. The number of carbonyl (C=O) groups excluding carboxylic acids is 2. The van der Waals surface area contributed by atoms with Gasteiger partial charge in [0.15, 0.2) is 0 Å². The number of rotatable bonds is 7. The van der Waals surface area contributed by atoms with Crippen LogP contribution in [0.3, 0.4) is 0 Å². The topological polar surface area (TPSA) is 105 Å². The number of hydrogen-bond donors (Lipinski definition) is 3. The van der Waals surface area contributed by atoms with Gasteiger partial charge in [0.25, 0.3) is 0 Å². The van der Waals surface area contributed by atoms with Gasteiger partial charge in [0.05, 0.1) is 18.6 Å². The molecule has 0 saturated carbocycles. The van der Waals surface area contributed by atoms with Crippen molar-refractivity contribution in [1.29, 1.82) is 0 Å². The van der Waals surface area contributed by atoms with Crippen molar-refractivity contribution in [3.63, 3.8) is 0 Å². The molecule has 1 aromatic carbocycles. The Hall–Kier alpha value is -2.41. The fraction of sp³-hybridized carbons (Fsp3) is 0.438. The summed E-state index contributed by atoms with van der Waals surface area (Å²) in [5.41, 5.74) is -0.0547. The molecule has 1 aliphatic heterocycles. The summed E-state index contributed by atoms with van der Waals surface area (Å²) >= 11 is 0. The molecule has 1 unspecified atom stereocenters. The highest BCUT2D eigenvalue weighted by Gasteiger charge is 2.43. The Labute approximate surface area is 134 Å². The van der Waals surface area contributed by atoms with E-state index in [1.165, 1.54) is 0 Å². The molecular formula is C16H20N2O5. The zero-order valence-corrected chi connectivity index (χ0v) is 12.7. The second-order valence-corrected chi connectivity index (χ2v) is 5.61. The summed E-state index contributed by atoms with van der Waals surface area (Å²) in [5.74, 6) is -1.81. The molecule has 7 heteroatoms. The van der Waals surface area contributed by atoms with Crippen LogP contribution in [0.2, 0.25) is 0 Å². The third-order valence-electron chi connectivity index (χ3n) is 3.80. The first-order chi connectivity index (χ1) is 11.0. The second kappa shape index (κ2) is 7.73. The van der Waals surface area contributed by atoms with Crippen molar-refractivity contribution in [1.82, 2.24) is 10.6 Å². The SMILES string of the molecule is O=C(O)CNC(=O)C1(COCc2ccccc2)CCNC(=O)C1. The largest absolute Gasteiger partial charge is 0.480 e. The molecule has 2 amide bonds. The summed E-state index contributed by atoms with van der Waals surface area (Å²) < 4.78 is 5.65. The van der Waals surface area contributed by atoms with Crippen molar-refractivity contribution in [2.24, 2.45) is 5.41 Å². The third kappa shape index (κ3) is 4.79. The Morgan fingerprint density at radius 1 is 1.30 bits per heavy atom. The lowest BCUT2D eigenvalue weighted by Gasteiger charge is -2.35. The van der Waals surface area contributed by atoms with E-state index in [-0.39, 0.29) is 18.9 Å². The van der Waals surface area contributed by atoms with Crippen molar-refractivity contribution in [3.05, 3.63) is 35.9 Å². The van der Waals surface area contributed by atoms with Gasteiger partial charge >= 0.3 is 5.97 Å². The molecule has 0 bridgehead atoms. The molecule has 1 aliphatic rings. The Balaban J connectivity index is 2.00.